The molecule has 7 rings (SSSR count). The van der Waals surface area contributed by atoms with Crippen LogP contribution in [0.25, 0.3) is 32.3 Å². The van der Waals surface area contributed by atoms with Crippen molar-refractivity contribution < 1.29 is 14.6 Å². The molecule has 0 aliphatic carbocycles. The van der Waals surface area contributed by atoms with E-state index in [1.807, 2.05) is 19.1 Å². The zero-order valence-electron chi connectivity index (χ0n) is 19.4. The standard InChI is InChI=1S/C29H22N2O5/c1-2-29-15-35-24(25(29)32)27(36-29)31-14-20(26(33)30-28(31)34)11-7-16-6-8-19-10-9-17-4-3-5-18-12-13-21(16)23(19)22(17)18/h3-6,8-10,12-14,24-25,27,32H,2,15H2,1H3,(H,30,33,34)/t24?,25-,27-,29+/m1/s1. The maximum absolute atomic E-state index is 12.6. The van der Waals surface area contributed by atoms with Crippen LogP contribution in [0.5, 0.6) is 0 Å². The minimum Gasteiger partial charge on any atom is -0.387 e. The number of nitrogens with one attached hydrogen (secondary N) is 1. The van der Waals surface area contributed by atoms with Crippen molar-refractivity contribution in [3.63, 3.8) is 0 Å². The third kappa shape index (κ3) is 2.86. The number of fused-ring (bicyclic) bond motifs is 2. The maximum Gasteiger partial charge on any atom is 0.330 e. The van der Waals surface area contributed by atoms with Gasteiger partial charge in [0.15, 0.2) is 6.23 Å². The Kier molecular flexibility index (Phi) is 4.45. The molecule has 2 saturated heterocycles. The Hall–Kier alpha value is -3.96. The van der Waals surface area contributed by atoms with Gasteiger partial charge in [-0.2, -0.15) is 0 Å². The molecule has 1 unspecified atom stereocenters. The number of aliphatic hydroxyl groups is 1. The summed E-state index contributed by atoms with van der Waals surface area (Å²) >= 11 is 0. The fourth-order valence-corrected chi connectivity index (χ4v) is 5.71. The average molecular weight is 479 g/mol. The van der Waals surface area contributed by atoms with Gasteiger partial charge in [0.05, 0.1) is 6.61 Å². The van der Waals surface area contributed by atoms with Crippen molar-refractivity contribution in [1.82, 2.24) is 9.55 Å². The second kappa shape index (κ2) is 7.52. The lowest BCUT2D eigenvalue weighted by Crippen LogP contribution is -2.41. The Morgan fingerprint density at radius 3 is 2.44 bits per heavy atom. The zero-order chi connectivity index (χ0) is 24.6. The van der Waals surface area contributed by atoms with Crippen LogP contribution in [0.4, 0.5) is 0 Å². The number of aromatic amines is 1. The second-order valence-corrected chi connectivity index (χ2v) is 9.58. The van der Waals surface area contributed by atoms with E-state index in [0.717, 1.165) is 21.7 Å². The van der Waals surface area contributed by atoms with Crippen LogP contribution in [0.2, 0.25) is 0 Å². The number of aliphatic hydroxyl groups excluding tert-OH is 1. The lowest BCUT2D eigenvalue weighted by Gasteiger charge is -2.30. The Bertz CT molecular complexity index is 1840. The largest absolute Gasteiger partial charge is 0.387 e. The Labute approximate surface area is 205 Å². The van der Waals surface area contributed by atoms with Crippen molar-refractivity contribution in [3.8, 4) is 11.8 Å². The summed E-state index contributed by atoms with van der Waals surface area (Å²) in [6.07, 6.45) is -0.437. The molecule has 0 amide bonds. The van der Waals surface area contributed by atoms with Crippen LogP contribution in [0.3, 0.4) is 0 Å². The van der Waals surface area contributed by atoms with Gasteiger partial charge in [-0.1, -0.05) is 67.3 Å². The highest BCUT2D eigenvalue weighted by atomic mass is 16.6. The summed E-state index contributed by atoms with van der Waals surface area (Å²) in [4.78, 5) is 27.6. The van der Waals surface area contributed by atoms with Gasteiger partial charge < -0.3 is 14.6 Å². The van der Waals surface area contributed by atoms with Crippen LogP contribution in [0.15, 0.2) is 70.4 Å². The van der Waals surface area contributed by atoms with Gasteiger partial charge >= 0.3 is 5.69 Å². The zero-order valence-corrected chi connectivity index (χ0v) is 19.4. The van der Waals surface area contributed by atoms with Gasteiger partial charge in [0.2, 0.25) is 0 Å². The predicted octanol–water partition coefficient (Wildman–Crippen LogP) is 3.27. The number of hydrogen-bond donors (Lipinski definition) is 2. The Balaban J connectivity index is 1.34. The molecule has 4 aromatic carbocycles. The first-order valence-corrected chi connectivity index (χ1v) is 12.0. The highest BCUT2D eigenvalue weighted by Crippen LogP contribution is 2.46. The molecule has 2 aliphatic rings. The lowest BCUT2D eigenvalue weighted by atomic mass is 9.92. The number of rotatable bonds is 2. The monoisotopic (exact) mass is 478 g/mol. The van der Waals surface area contributed by atoms with Gasteiger partial charge in [0.1, 0.15) is 23.4 Å². The SMILES string of the molecule is CC[C@@]12COC([C@H](n3cc(C#Cc4ccc5ccc6cccc7ccc4c5c67)c(=O)[nH]c3=O)O1)[C@H]2O. The number of ether oxygens (including phenoxy) is 2. The molecule has 5 aromatic rings. The van der Waals surface area contributed by atoms with Crippen LogP contribution in [-0.2, 0) is 9.47 Å². The molecule has 36 heavy (non-hydrogen) atoms. The highest BCUT2D eigenvalue weighted by molar-refractivity contribution is 6.23. The van der Waals surface area contributed by atoms with Crippen molar-refractivity contribution in [1.29, 1.82) is 0 Å². The number of aromatic nitrogens is 2. The quantitative estimate of drug-likeness (QED) is 0.300. The number of H-pyrrole nitrogens is 1. The Morgan fingerprint density at radius 2 is 1.69 bits per heavy atom. The molecule has 7 nitrogen and oxygen atoms in total. The first-order chi connectivity index (χ1) is 17.5. The van der Waals surface area contributed by atoms with Crippen LogP contribution in [-0.4, -0.2) is 39.1 Å². The van der Waals surface area contributed by atoms with E-state index >= 15 is 0 Å². The van der Waals surface area contributed by atoms with E-state index in [-0.39, 0.29) is 12.2 Å². The number of nitrogens with zero attached hydrogens (tertiary/aromatic N) is 1. The van der Waals surface area contributed by atoms with Crippen molar-refractivity contribution >= 4 is 32.3 Å². The molecule has 1 aromatic heterocycles. The minimum absolute atomic E-state index is 0.131. The summed E-state index contributed by atoms with van der Waals surface area (Å²) < 4.78 is 13.1. The van der Waals surface area contributed by atoms with Gasteiger partial charge in [-0.25, -0.2) is 4.79 Å². The van der Waals surface area contributed by atoms with Crippen LogP contribution in [0, 0.1) is 11.8 Å². The minimum atomic E-state index is -0.849. The van der Waals surface area contributed by atoms with Crippen molar-refractivity contribution in [2.45, 2.75) is 37.4 Å². The smallest absolute Gasteiger partial charge is 0.330 e. The molecule has 2 bridgehead atoms. The van der Waals surface area contributed by atoms with Crippen molar-refractivity contribution in [2.24, 2.45) is 0 Å². The van der Waals surface area contributed by atoms with Crippen LogP contribution in [0.1, 0.15) is 30.7 Å². The third-order valence-corrected chi connectivity index (χ3v) is 7.71. The van der Waals surface area contributed by atoms with Gasteiger partial charge in [0.25, 0.3) is 5.56 Å². The highest BCUT2D eigenvalue weighted by Gasteiger charge is 2.60. The summed E-state index contributed by atoms with van der Waals surface area (Å²) in [5.41, 5.74) is -1.13. The molecular weight excluding hydrogens is 456 g/mol. The average Bonchev–Trinajstić information content (AvgIpc) is 3.36. The molecule has 7 heteroatoms. The number of benzene rings is 4. The summed E-state index contributed by atoms with van der Waals surface area (Å²) in [6.45, 7) is 2.17. The van der Waals surface area contributed by atoms with E-state index in [1.165, 1.54) is 26.9 Å². The topological polar surface area (TPSA) is 93.6 Å². The van der Waals surface area contributed by atoms with E-state index in [1.54, 1.807) is 0 Å². The van der Waals surface area contributed by atoms with E-state index < -0.39 is 35.3 Å². The van der Waals surface area contributed by atoms with Crippen LogP contribution >= 0.6 is 0 Å². The van der Waals surface area contributed by atoms with E-state index in [2.05, 4.69) is 59.3 Å². The third-order valence-electron chi connectivity index (χ3n) is 7.71. The van der Waals surface area contributed by atoms with E-state index in [9.17, 15) is 14.7 Å². The van der Waals surface area contributed by atoms with Gasteiger partial charge in [-0.15, -0.1) is 0 Å². The molecule has 0 spiro atoms. The first kappa shape index (κ1) is 21.3. The van der Waals surface area contributed by atoms with Crippen molar-refractivity contribution in [2.75, 3.05) is 6.61 Å². The van der Waals surface area contributed by atoms with Crippen LogP contribution < -0.4 is 11.2 Å². The fourth-order valence-electron chi connectivity index (χ4n) is 5.71. The van der Waals surface area contributed by atoms with Gasteiger partial charge in [0, 0.05) is 11.8 Å². The summed E-state index contributed by atoms with van der Waals surface area (Å²) in [5.74, 6) is 6.11. The van der Waals surface area contributed by atoms with E-state index in [4.69, 9.17) is 9.47 Å². The number of hydrogen-bond acceptors (Lipinski definition) is 5. The molecule has 3 heterocycles. The maximum atomic E-state index is 12.6. The second-order valence-electron chi connectivity index (χ2n) is 9.58. The predicted molar refractivity (Wildman–Crippen MR) is 136 cm³/mol. The van der Waals surface area contributed by atoms with Crippen molar-refractivity contribution in [3.05, 3.63) is 92.8 Å². The summed E-state index contributed by atoms with van der Waals surface area (Å²) in [5, 5.41) is 17.4. The molecule has 2 N–H and O–H groups in total. The van der Waals surface area contributed by atoms with E-state index in [0.29, 0.717) is 6.42 Å². The lowest BCUT2D eigenvalue weighted by molar-refractivity contribution is -0.175. The first-order valence-electron chi connectivity index (χ1n) is 12.0. The Morgan fingerprint density at radius 1 is 1.00 bits per heavy atom. The molecule has 2 aliphatic heterocycles. The summed E-state index contributed by atoms with van der Waals surface area (Å²) in [7, 11) is 0. The fraction of sp³-hybridized carbons (Fsp3) is 0.241. The van der Waals surface area contributed by atoms with Gasteiger partial charge in [-0.05, 0) is 44.8 Å². The van der Waals surface area contributed by atoms with Gasteiger partial charge in [-0.3, -0.25) is 14.3 Å². The molecule has 2 fully saturated rings. The molecule has 0 saturated carbocycles. The molecule has 178 valence electrons. The molecule has 0 radical (unpaired) electrons. The molecular formula is C29H22N2O5. The molecule has 4 atom stereocenters. The summed E-state index contributed by atoms with van der Waals surface area (Å²) in [6, 6.07) is 18.6. The normalized spacial score (nSPS) is 25.1.